The monoisotopic (exact) mass is 358 g/mol. The first-order valence-electron chi connectivity index (χ1n) is 6.09. The molecule has 0 atom stereocenters. The predicted octanol–water partition coefficient (Wildman–Crippen LogP) is 3.16. The van der Waals surface area contributed by atoms with Crippen LogP contribution in [0.5, 0.6) is 0 Å². The third-order valence-corrected chi connectivity index (χ3v) is 2.55. The molecule has 0 saturated heterocycles. The van der Waals surface area contributed by atoms with Crippen LogP contribution in [0.3, 0.4) is 0 Å². The molecule has 7 heteroatoms. The van der Waals surface area contributed by atoms with Crippen molar-refractivity contribution in [2.75, 3.05) is 0 Å². The summed E-state index contributed by atoms with van der Waals surface area (Å²) >= 11 is 3.21. The fraction of sp³-hybridized carbons (Fsp3) is 0.286. The number of carbonyl (C=O) groups is 2. The fourth-order valence-corrected chi connectivity index (χ4v) is 1.64. The summed E-state index contributed by atoms with van der Waals surface area (Å²) in [5, 5.41) is 0. The highest BCUT2D eigenvalue weighted by Gasteiger charge is 2.15. The lowest BCUT2D eigenvalue weighted by Gasteiger charge is -2.19. The smallest absolute Gasteiger partial charge is 0.426 e. The molecular weight excluding hydrogens is 343 g/mol. The largest absolute Gasteiger partial charge is 0.443 e. The van der Waals surface area contributed by atoms with E-state index in [1.807, 2.05) is 0 Å². The Bertz CT molecular complexity index is 568. The minimum absolute atomic E-state index is 0.247. The zero-order valence-electron chi connectivity index (χ0n) is 11.9. The maximum atomic E-state index is 13.4. The van der Waals surface area contributed by atoms with E-state index in [-0.39, 0.29) is 5.56 Å². The van der Waals surface area contributed by atoms with E-state index in [1.54, 1.807) is 26.8 Å². The molecule has 2 amide bonds. The van der Waals surface area contributed by atoms with Crippen molar-refractivity contribution in [2.24, 2.45) is 0 Å². The van der Waals surface area contributed by atoms with Crippen molar-refractivity contribution in [3.8, 4) is 0 Å². The number of benzene rings is 1. The Morgan fingerprint density at radius 2 is 1.95 bits per heavy atom. The lowest BCUT2D eigenvalue weighted by atomic mass is 10.2. The first-order chi connectivity index (χ1) is 9.67. The van der Waals surface area contributed by atoms with Gasteiger partial charge in [-0.1, -0.05) is 15.9 Å². The lowest BCUT2D eigenvalue weighted by molar-refractivity contribution is -0.117. The van der Waals surface area contributed by atoms with Crippen LogP contribution in [0.1, 0.15) is 26.3 Å². The SMILES string of the molecule is CC(C)(C)OC(=O)NNC(=O)/C=C/c1cc(Br)ccc1F. The molecular formula is C14H16BrFN2O3. The van der Waals surface area contributed by atoms with Gasteiger partial charge in [-0.05, 0) is 45.0 Å². The summed E-state index contributed by atoms with van der Waals surface area (Å²) in [5.41, 5.74) is 3.80. The van der Waals surface area contributed by atoms with Crippen molar-refractivity contribution in [2.45, 2.75) is 26.4 Å². The molecule has 0 heterocycles. The number of ether oxygens (including phenoxy) is 1. The second-order valence-corrected chi connectivity index (χ2v) is 6.03. The highest BCUT2D eigenvalue weighted by atomic mass is 79.9. The molecule has 1 aromatic rings. The van der Waals surface area contributed by atoms with E-state index in [4.69, 9.17) is 4.74 Å². The maximum absolute atomic E-state index is 13.4. The minimum atomic E-state index is -0.780. The molecule has 0 aliphatic rings. The van der Waals surface area contributed by atoms with E-state index in [0.717, 1.165) is 6.08 Å². The van der Waals surface area contributed by atoms with Crippen molar-refractivity contribution in [1.29, 1.82) is 0 Å². The van der Waals surface area contributed by atoms with Gasteiger partial charge in [0, 0.05) is 16.1 Å². The molecule has 1 rings (SSSR count). The van der Waals surface area contributed by atoms with Crippen LogP contribution in [-0.4, -0.2) is 17.6 Å². The van der Waals surface area contributed by atoms with E-state index < -0.39 is 23.4 Å². The zero-order chi connectivity index (χ0) is 16.0. The molecule has 0 fully saturated rings. The van der Waals surface area contributed by atoms with Crippen LogP contribution < -0.4 is 10.9 Å². The van der Waals surface area contributed by atoms with Crippen LogP contribution in [-0.2, 0) is 9.53 Å². The van der Waals surface area contributed by atoms with Gasteiger partial charge >= 0.3 is 6.09 Å². The summed E-state index contributed by atoms with van der Waals surface area (Å²) in [6.45, 7) is 5.10. The second-order valence-electron chi connectivity index (χ2n) is 5.12. The van der Waals surface area contributed by atoms with Gasteiger partial charge in [0.2, 0.25) is 0 Å². The fourth-order valence-electron chi connectivity index (χ4n) is 1.27. The zero-order valence-corrected chi connectivity index (χ0v) is 13.5. The highest BCUT2D eigenvalue weighted by Crippen LogP contribution is 2.16. The standard InChI is InChI=1S/C14H16BrFN2O3/c1-14(2,3)21-13(20)18-17-12(19)7-4-9-8-10(15)5-6-11(9)16/h4-8H,1-3H3,(H,17,19)(H,18,20)/b7-4+. The second kappa shape index (κ2) is 7.21. The molecule has 114 valence electrons. The number of hydrogen-bond donors (Lipinski definition) is 2. The summed E-state index contributed by atoms with van der Waals surface area (Å²) in [5.74, 6) is -1.07. The van der Waals surface area contributed by atoms with E-state index in [1.165, 1.54) is 18.2 Å². The molecule has 0 aromatic heterocycles. The third kappa shape index (κ3) is 6.89. The number of amides is 2. The van der Waals surface area contributed by atoms with Gasteiger partial charge in [0.1, 0.15) is 11.4 Å². The first-order valence-corrected chi connectivity index (χ1v) is 6.89. The number of nitrogens with one attached hydrogen (secondary N) is 2. The normalized spacial score (nSPS) is 11.3. The molecule has 0 aliphatic heterocycles. The van der Waals surface area contributed by atoms with Gasteiger partial charge in [0.05, 0.1) is 0 Å². The van der Waals surface area contributed by atoms with Crippen molar-refractivity contribution in [1.82, 2.24) is 10.9 Å². The molecule has 21 heavy (non-hydrogen) atoms. The van der Waals surface area contributed by atoms with Crippen LogP contribution in [0.15, 0.2) is 28.7 Å². The Balaban J connectivity index is 2.52. The van der Waals surface area contributed by atoms with Gasteiger partial charge in [-0.3, -0.25) is 10.2 Å². The number of rotatable bonds is 2. The van der Waals surface area contributed by atoms with Crippen molar-refractivity contribution < 1.29 is 18.7 Å². The topological polar surface area (TPSA) is 67.4 Å². The van der Waals surface area contributed by atoms with Crippen LogP contribution in [0.2, 0.25) is 0 Å². The van der Waals surface area contributed by atoms with E-state index >= 15 is 0 Å². The summed E-state index contributed by atoms with van der Waals surface area (Å²) in [4.78, 5) is 22.8. The third-order valence-electron chi connectivity index (χ3n) is 2.06. The number of hydrogen-bond acceptors (Lipinski definition) is 3. The van der Waals surface area contributed by atoms with Crippen LogP contribution >= 0.6 is 15.9 Å². The maximum Gasteiger partial charge on any atom is 0.426 e. The van der Waals surface area contributed by atoms with Gasteiger partial charge in [0.15, 0.2) is 0 Å². The van der Waals surface area contributed by atoms with Gasteiger partial charge in [-0.2, -0.15) is 0 Å². The average Bonchev–Trinajstić information content (AvgIpc) is 2.35. The Morgan fingerprint density at radius 3 is 2.57 bits per heavy atom. The molecule has 0 unspecified atom stereocenters. The molecule has 2 N–H and O–H groups in total. The molecule has 5 nitrogen and oxygen atoms in total. The number of hydrazine groups is 1. The van der Waals surface area contributed by atoms with Crippen LogP contribution in [0, 0.1) is 5.82 Å². The Labute approximate surface area is 130 Å². The Kier molecular flexibility index (Phi) is 5.90. The highest BCUT2D eigenvalue weighted by molar-refractivity contribution is 9.10. The van der Waals surface area contributed by atoms with E-state index in [0.29, 0.717) is 4.47 Å². The van der Waals surface area contributed by atoms with Gasteiger partial charge < -0.3 is 4.74 Å². The van der Waals surface area contributed by atoms with Crippen molar-refractivity contribution >= 4 is 34.0 Å². The summed E-state index contributed by atoms with van der Waals surface area (Å²) in [6, 6.07) is 4.36. The van der Waals surface area contributed by atoms with Crippen molar-refractivity contribution in [3.05, 3.63) is 40.1 Å². The molecule has 0 radical (unpaired) electrons. The summed E-state index contributed by atoms with van der Waals surface area (Å²) in [7, 11) is 0. The molecule has 1 aromatic carbocycles. The number of carbonyl (C=O) groups excluding carboxylic acids is 2. The Morgan fingerprint density at radius 1 is 1.29 bits per heavy atom. The minimum Gasteiger partial charge on any atom is -0.443 e. The van der Waals surface area contributed by atoms with E-state index in [9.17, 15) is 14.0 Å². The quantitative estimate of drug-likeness (QED) is 0.630. The molecule has 0 spiro atoms. The van der Waals surface area contributed by atoms with Gasteiger partial charge in [0.25, 0.3) is 5.91 Å². The summed E-state index contributed by atoms with van der Waals surface area (Å²) in [6.07, 6.45) is 1.62. The average molecular weight is 359 g/mol. The van der Waals surface area contributed by atoms with Crippen molar-refractivity contribution in [3.63, 3.8) is 0 Å². The van der Waals surface area contributed by atoms with Gasteiger partial charge in [-0.25, -0.2) is 14.6 Å². The van der Waals surface area contributed by atoms with Crippen LogP contribution in [0.4, 0.5) is 9.18 Å². The van der Waals surface area contributed by atoms with Crippen LogP contribution in [0.25, 0.3) is 6.08 Å². The number of halogens is 2. The van der Waals surface area contributed by atoms with E-state index in [2.05, 4.69) is 26.8 Å². The predicted molar refractivity (Wildman–Crippen MR) is 80.6 cm³/mol. The first kappa shape index (κ1) is 17.2. The van der Waals surface area contributed by atoms with Gasteiger partial charge in [-0.15, -0.1) is 0 Å². The lowest BCUT2D eigenvalue weighted by Crippen LogP contribution is -2.43. The molecule has 0 saturated carbocycles. The molecule has 0 bridgehead atoms. The molecule has 0 aliphatic carbocycles. The Hall–Kier alpha value is -1.89. The summed E-state index contributed by atoms with van der Waals surface area (Å²) < 4.78 is 19.0.